The second-order valence-electron chi connectivity index (χ2n) is 3.39. The first kappa shape index (κ1) is 18.5. The van der Waals surface area contributed by atoms with Crippen molar-refractivity contribution in [2.45, 2.75) is 42.0 Å². The molecule has 4 heteroatoms. The number of hydrogen-bond acceptors (Lipinski definition) is 2. The van der Waals surface area contributed by atoms with Gasteiger partial charge in [0.1, 0.15) is 0 Å². The fourth-order valence-corrected chi connectivity index (χ4v) is 1.23. The van der Waals surface area contributed by atoms with Crippen molar-refractivity contribution >= 4 is 23.2 Å². The van der Waals surface area contributed by atoms with Crippen molar-refractivity contribution < 1.29 is 12.4 Å². The maximum absolute atomic E-state index is 10.9. The van der Waals surface area contributed by atoms with Gasteiger partial charge in [-0.3, -0.25) is 9.59 Å². The quantitative estimate of drug-likeness (QED) is 0.838. The Morgan fingerprint density at radius 1 is 1.06 bits per heavy atom. The molecule has 4 nitrogen and oxygen atoms in total. The lowest BCUT2D eigenvalue weighted by Crippen LogP contribution is -2.09. The van der Waals surface area contributed by atoms with Gasteiger partial charge in [0, 0.05) is 28.1 Å². The molecule has 1 aromatic rings. The molecule has 0 radical (unpaired) electrons. The molecule has 0 saturated heterocycles. The Morgan fingerprint density at radius 3 is 2.00 bits per heavy atom. The summed E-state index contributed by atoms with van der Waals surface area (Å²) in [6.45, 7) is 8.78. The van der Waals surface area contributed by atoms with Gasteiger partial charge >= 0.3 is 0 Å². The molecule has 1 aromatic carbocycles. The van der Waals surface area contributed by atoms with Gasteiger partial charge in [-0.1, -0.05) is 27.3 Å². The van der Waals surface area contributed by atoms with E-state index in [1.54, 1.807) is 12.1 Å². The molecule has 0 bridgehead atoms. The minimum atomic E-state index is -0.132. The fourth-order valence-electron chi connectivity index (χ4n) is 1.23. The molecule has 0 aliphatic carbocycles. The van der Waals surface area contributed by atoms with Crippen LogP contribution >= 0.6 is 0 Å². The summed E-state index contributed by atoms with van der Waals surface area (Å²) in [5.74, 6) is -0.259. The van der Waals surface area contributed by atoms with Crippen molar-refractivity contribution in [3.8, 4) is 0 Å². The number of nitrogens with one attached hydrogen (secondary N) is 2. The lowest BCUT2D eigenvalue weighted by atomic mass is 10.2. The third-order valence-electron chi connectivity index (χ3n) is 1.87. The molecule has 0 aliphatic heterocycles. The predicted octanol–water partition coefficient (Wildman–Crippen LogP) is 4.07. The van der Waals surface area contributed by atoms with Crippen LogP contribution in [0.25, 0.3) is 0 Å². The molecular formula is C14H28N2O2. The van der Waals surface area contributed by atoms with Gasteiger partial charge in [-0.15, -0.1) is 0 Å². The van der Waals surface area contributed by atoms with E-state index in [0.29, 0.717) is 11.4 Å². The molecule has 0 spiro atoms. The van der Waals surface area contributed by atoms with E-state index in [0.717, 1.165) is 5.56 Å². The van der Waals surface area contributed by atoms with Crippen LogP contribution in [0.15, 0.2) is 18.2 Å². The smallest absolute Gasteiger partial charge is 0.221 e. The number of aryl methyl sites for hydroxylation is 1. The van der Waals surface area contributed by atoms with Crippen LogP contribution < -0.4 is 10.6 Å². The maximum atomic E-state index is 10.9. The Bertz CT molecular complexity index is 410. The number of hydrogen-bond donors (Lipinski definition) is 2. The van der Waals surface area contributed by atoms with E-state index in [-0.39, 0.29) is 22.1 Å². The monoisotopic (exact) mass is 256 g/mol. The summed E-state index contributed by atoms with van der Waals surface area (Å²) in [5.41, 5.74) is 2.35. The van der Waals surface area contributed by atoms with Gasteiger partial charge < -0.3 is 10.6 Å². The molecule has 0 fully saturated rings. The second-order valence-corrected chi connectivity index (χ2v) is 3.39. The van der Waals surface area contributed by atoms with Crippen molar-refractivity contribution in [1.29, 1.82) is 0 Å². The number of anilines is 2. The highest BCUT2D eigenvalue weighted by molar-refractivity contribution is 5.92. The number of rotatable bonds is 2. The van der Waals surface area contributed by atoms with Crippen LogP contribution in [-0.2, 0) is 9.59 Å². The summed E-state index contributed by atoms with van der Waals surface area (Å²) < 4.78 is 0. The van der Waals surface area contributed by atoms with Gasteiger partial charge in [-0.25, -0.2) is 0 Å². The van der Waals surface area contributed by atoms with Gasteiger partial charge in [0.25, 0.3) is 0 Å². The molecule has 0 saturated carbocycles. The topological polar surface area (TPSA) is 58.2 Å². The average Bonchev–Trinajstić information content (AvgIpc) is 2.24. The van der Waals surface area contributed by atoms with Gasteiger partial charge in [0.15, 0.2) is 0 Å². The Hall–Kier alpha value is -1.84. The van der Waals surface area contributed by atoms with Crippen molar-refractivity contribution in [3.63, 3.8) is 0 Å². The standard InChI is InChI=1S/C11H14N2O2.C2H6.CH4.2H2/c1-7-4-5-10(12-8(2)14)6-11(7)13-9(3)15;1-2;;;/h4-6H,1-3H3,(H,12,14)(H,13,15);1-2H3;1H4;2*1H. The number of carbonyl (C=O) groups is 2. The van der Waals surface area contributed by atoms with Crippen LogP contribution in [0, 0.1) is 6.92 Å². The zero-order valence-electron chi connectivity index (χ0n) is 11.0. The lowest BCUT2D eigenvalue weighted by Gasteiger charge is -2.09. The van der Waals surface area contributed by atoms with E-state index in [2.05, 4.69) is 10.6 Å². The largest absolute Gasteiger partial charge is 0.326 e. The van der Waals surface area contributed by atoms with E-state index in [4.69, 9.17) is 0 Å². The predicted molar refractivity (Wildman–Crippen MR) is 82.1 cm³/mol. The molecule has 1 rings (SSSR count). The van der Waals surface area contributed by atoms with Crippen LogP contribution in [0.4, 0.5) is 11.4 Å². The molecule has 0 aliphatic rings. The van der Waals surface area contributed by atoms with Crippen LogP contribution in [0.2, 0.25) is 0 Å². The van der Waals surface area contributed by atoms with E-state index < -0.39 is 0 Å². The Labute approximate surface area is 113 Å². The first-order valence-electron chi connectivity index (χ1n) is 5.65. The molecular weight excluding hydrogens is 228 g/mol. The lowest BCUT2D eigenvalue weighted by molar-refractivity contribution is -0.115. The molecule has 0 heterocycles. The summed E-state index contributed by atoms with van der Waals surface area (Å²) >= 11 is 0. The summed E-state index contributed by atoms with van der Waals surface area (Å²) in [6.07, 6.45) is 0. The maximum Gasteiger partial charge on any atom is 0.221 e. The normalized spacial score (nSPS) is 8.28. The van der Waals surface area contributed by atoms with Gasteiger partial charge in [0.05, 0.1) is 0 Å². The number of benzene rings is 1. The van der Waals surface area contributed by atoms with Crippen LogP contribution in [0.3, 0.4) is 0 Å². The number of carbonyl (C=O) groups excluding carboxylic acids is 2. The Kier molecular flexibility index (Phi) is 9.48. The van der Waals surface area contributed by atoms with Crippen molar-refractivity contribution in [2.75, 3.05) is 10.6 Å². The summed E-state index contributed by atoms with van der Waals surface area (Å²) in [6, 6.07) is 5.37. The molecule has 2 N–H and O–H groups in total. The minimum absolute atomic E-state index is 0. The van der Waals surface area contributed by atoms with E-state index in [1.807, 2.05) is 26.8 Å². The molecule has 106 valence electrons. The highest BCUT2D eigenvalue weighted by Crippen LogP contribution is 2.20. The Morgan fingerprint density at radius 2 is 1.56 bits per heavy atom. The summed E-state index contributed by atoms with van der Waals surface area (Å²) in [5, 5.41) is 5.35. The molecule has 0 atom stereocenters. The molecule has 18 heavy (non-hydrogen) atoms. The number of amides is 2. The zero-order valence-corrected chi connectivity index (χ0v) is 11.0. The highest BCUT2D eigenvalue weighted by atomic mass is 16.2. The van der Waals surface area contributed by atoms with E-state index >= 15 is 0 Å². The van der Waals surface area contributed by atoms with Crippen molar-refractivity contribution in [3.05, 3.63) is 23.8 Å². The zero-order chi connectivity index (χ0) is 13.4. The first-order chi connectivity index (χ1) is 7.99. The van der Waals surface area contributed by atoms with Crippen molar-refractivity contribution in [1.82, 2.24) is 0 Å². The molecule has 0 unspecified atom stereocenters. The molecule has 0 aromatic heterocycles. The second kappa shape index (κ2) is 9.22. The third kappa shape index (κ3) is 6.68. The Balaban J connectivity index is -0.000000244. The van der Waals surface area contributed by atoms with Crippen LogP contribution in [-0.4, -0.2) is 11.8 Å². The van der Waals surface area contributed by atoms with E-state index in [9.17, 15) is 9.59 Å². The van der Waals surface area contributed by atoms with Crippen LogP contribution in [0.1, 0.15) is 43.5 Å². The van der Waals surface area contributed by atoms with Gasteiger partial charge in [-0.05, 0) is 24.6 Å². The minimum Gasteiger partial charge on any atom is -0.326 e. The van der Waals surface area contributed by atoms with Gasteiger partial charge in [-0.2, -0.15) is 0 Å². The average molecular weight is 256 g/mol. The first-order valence-corrected chi connectivity index (χ1v) is 5.65. The highest BCUT2D eigenvalue weighted by Gasteiger charge is 2.02. The summed E-state index contributed by atoms with van der Waals surface area (Å²) in [4.78, 5) is 21.7. The SMILES string of the molecule is C.CC.CC(=O)Nc1ccc(C)c(NC(C)=O)c1.[HH].[HH]. The van der Waals surface area contributed by atoms with Crippen LogP contribution in [0.5, 0.6) is 0 Å². The van der Waals surface area contributed by atoms with Crippen molar-refractivity contribution in [2.24, 2.45) is 0 Å². The fraction of sp³-hybridized carbons (Fsp3) is 0.429. The molecule has 2 amide bonds. The third-order valence-corrected chi connectivity index (χ3v) is 1.87. The summed E-state index contributed by atoms with van der Waals surface area (Å²) in [7, 11) is 0. The van der Waals surface area contributed by atoms with E-state index in [1.165, 1.54) is 13.8 Å². The van der Waals surface area contributed by atoms with Gasteiger partial charge in [0.2, 0.25) is 11.8 Å².